The Hall–Kier alpha value is -1.85. The number of aliphatic hydroxyl groups is 1. The summed E-state index contributed by atoms with van der Waals surface area (Å²) in [6.45, 7) is 11.0. The van der Waals surface area contributed by atoms with Crippen LogP contribution in [0, 0.1) is 27.7 Å². The van der Waals surface area contributed by atoms with E-state index in [0.29, 0.717) is 13.2 Å². The number of aliphatic hydroxyl groups excluding tert-OH is 1. The molecule has 0 fully saturated rings. The average molecular weight is 317 g/mol. The van der Waals surface area contributed by atoms with Gasteiger partial charge in [0.1, 0.15) is 12.4 Å². The number of nitrogens with one attached hydrogen (secondary N) is 1. The maximum atomic E-state index is 9.04. The maximum Gasteiger partial charge on any atom is 0.119 e. The summed E-state index contributed by atoms with van der Waals surface area (Å²) >= 11 is 0. The number of aryl methyl sites for hydroxylation is 3. The monoisotopic (exact) mass is 317 g/mol. The van der Waals surface area contributed by atoms with E-state index >= 15 is 0 Å². The lowest BCUT2D eigenvalue weighted by atomic mass is 10.1. The molecule has 23 heavy (non-hydrogen) atoms. The Labute approximate surface area is 138 Å². The maximum absolute atomic E-state index is 9.04. The Morgan fingerprint density at radius 3 is 2.48 bits per heavy atom. The van der Waals surface area contributed by atoms with Crippen molar-refractivity contribution in [2.45, 2.75) is 40.8 Å². The van der Waals surface area contributed by atoms with Crippen molar-refractivity contribution in [2.24, 2.45) is 0 Å². The van der Waals surface area contributed by atoms with Crippen molar-refractivity contribution in [3.05, 3.63) is 46.3 Å². The zero-order valence-corrected chi connectivity index (χ0v) is 14.5. The highest BCUT2D eigenvalue weighted by atomic mass is 16.5. The van der Waals surface area contributed by atoms with E-state index in [2.05, 4.69) is 42.5 Å². The first-order valence-electron chi connectivity index (χ1n) is 8.07. The van der Waals surface area contributed by atoms with Crippen molar-refractivity contribution in [3.8, 4) is 5.75 Å². The molecule has 1 aromatic carbocycles. The third kappa shape index (κ3) is 4.81. The van der Waals surface area contributed by atoms with E-state index in [1.54, 1.807) is 0 Å². The first-order chi connectivity index (χ1) is 11.0. The minimum atomic E-state index is 0.110. The molecular formula is C18H27N3O2. The smallest absolute Gasteiger partial charge is 0.119 e. The van der Waals surface area contributed by atoms with Gasteiger partial charge in [0.25, 0.3) is 0 Å². The van der Waals surface area contributed by atoms with E-state index < -0.39 is 0 Å². The third-order valence-corrected chi connectivity index (χ3v) is 3.89. The predicted octanol–water partition coefficient (Wildman–Crippen LogP) is 2.28. The minimum absolute atomic E-state index is 0.110. The Kier molecular flexibility index (Phi) is 6.19. The van der Waals surface area contributed by atoms with Crippen LogP contribution < -0.4 is 10.1 Å². The molecular weight excluding hydrogens is 290 g/mol. The second kappa shape index (κ2) is 8.13. The molecule has 0 saturated carbocycles. The molecule has 0 amide bonds. The summed E-state index contributed by atoms with van der Waals surface area (Å²) < 4.78 is 7.65. The van der Waals surface area contributed by atoms with Gasteiger partial charge in [-0.15, -0.1) is 0 Å². The molecule has 0 unspecified atom stereocenters. The fourth-order valence-electron chi connectivity index (χ4n) is 2.77. The van der Waals surface area contributed by atoms with Crippen LogP contribution in [0.4, 0.5) is 0 Å². The summed E-state index contributed by atoms with van der Waals surface area (Å²) in [5, 5.41) is 16.9. The highest BCUT2D eigenvalue weighted by molar-refractivity contribution is 5.33. The van der Waals surface area contributed by atoms with Gasteiger partial charge < -0.3 is 15.2 Å². The van der Waals surface area contributed by atoms with Gasteiger partial charge in [0.2, 0.25) is 0 Å². The van der Waals surface area contributed by atoms with E-state index in [1.807, 2.05) is 18.5 Å². The molecule has 1 aromatic heterocycles. The largest absolute Gasteiger partial charge is 0.492 e. The summed E-state index contributed by atoms with van der Waals surface area (Å²) in [4.78, 5) is 0. The number of ether oxygens (including phenoxy) is 1. The molecule has 126 valence electrons. The van der Waals surface area contributed by atoms with Crippen LogP contribution in [-0.4, -0.2) is 34.6 Å². The molecule has 0 aliphatic heterocycles. The molecule has 5 nitrogen and oxygen atoms in total. The van der Waals surface area contributed by atoms with Crippen molar-refractivity contribution >= 4 is 0 Å². The molecule has 0 aliphatic rings. The zero-order chi connectivity index (χ0) is 16.8. The van der Waals surface area contributed by atoms with Crippen LogP contribution in [0.25, 0.3) is 0 Å². The van der Waals surface area contributed by atoms with Crippen LogP contribution in [0.5, 0.6) is 5.75 Å². The van der Waals surface area contributed by atoms with E-state index in [9.17, 15) is 0 Å². The quantitative estimate of drug-likeness (QED) is 0.733. The van der Waals surface area contributed by atoms with Gasteiger partial charge in [-0.3, -0.25) is 4.68 Å². The second-order valence-electron chi connectivity index (χ2n) is 5.94. The molecule has 0 atom stereocenters. The number of aromatic nitrogens is 2. The van der Waals surface area contributed by atoms with Crippen molar-refractivity contribution in [3.63, 3.8) is 0 Å². The van der Waals surface area contributed by atoms with Crippen LogP contribution in [-0.2, 0) is 13.1 Å². The van der Waals surface area contributed by atoms with Crippen molar-refractivity contribution < 1.29 is 9.84 Å². The van der Waals surface area contributed by atoms with Crippen LogP contribution in [0.1, 0.15) is 28.1 Å². The van der Waals surface area contributed by atoms with Gasteiger partial charge in [-0.2, -0.15) is 5.10 Å². The average Bonchev–Trinajstić information content (AvgIpc) is 2.73. The fourth-order valence-corrected chi connectivity index (χ4v) is 2.77. The molecule has 0 spiro atoms. The standard InChI is InChI=1S/C18H27N3O2/c1-13-9-14(2)11-17(10-13)23-8-5-19-12-18-15(3)20-21(6-7-22)16(18)4/h9-11,19,22H,5-8,12H2,1-4H3. The van der Waals surface area contributed by atoms with E-state index in [1.165, 1.54) is 16.7 Å². The van der Waals surface area contributed by atoms with E-state index in [0.717, 1.165) is 30.2 Å². The minimum Gasteiger partial charge on any atom is -0.492 e. The molecule has 0 bridgehead atoms. The van der Waals surface area contributed by atoms with Gasteiger partial charge in [0.15, 0.2) is 0 Å². The van der Waals surface area contributed by atoms with Crippen LogP contribution in [0.2, 0.25) is 0 Å². The van der Waals surface area contributed by atoms with Gasteiger partial charge in [-0.05, 0) is 51.0 Å². The normalized spacial score (nSPS) is 11.0. The van der Waals surface area contributed by atoms with Gasteiger partial charge in [0, 0.05) is 24.3 Å². The predicted molar refractivity (Wildman–Crippen MR) is 91.9 cm³/mol. The van der Waals surface area contributed by atoms with Gasteiger partial charge >= 0.3 is 0 Å². The lowest BCUT2D eigenvalue weighted by Crippen LogP contribution is -2.21. The van der Waals surface area contributed by atoms with Gasteiger partial charge in [-0.25, -0.2) is 0 Å². The lowest BCUT2D eigenvalue weighted by molar-refractivity contribution is 0.267. The number of hydrogen-bond acceptors (Lipinski definition) is 4. The Balaban J connectivity index is 1.79. The summed E-state index contributed by atoms with van der Waals surface area (Å²) in [6, 6.07) is 6.25. The summed E-state index contributed by atoms with van der Waals surface area (Å²) in [5.74, 6) is 0.924. The summed E-state index contributed by atoms with van der Waals surface area (Å²) in [7, 11) is 0. The molecule has 0 saturated heterocycles. The van der Waals surface area contributed by atoms with Crippen LogP contribution in [0.15, 0.2) is 18.2 Å². The molecule has 2 aromatic rings. The third-order valence-electron chi connectivity index (χ3n) is 3.89. The van der Waals surface area contributed by atoms with E-state index in [-0.39, 0.29) is 6.61 Å². The van der Waals surface area contributed by atoms with Gasteiger partial charge in [-0.1, -0.05) is 6.07 Å². The summed E-state index contributed by atoms with van der Waals surface area (Å²) in [5.41, 5.74) is 5.76. The molecule has 0 radical (unpaired) electrons. The number of rotatable bonds is 8. The van der Waals surface area contributed by atoms with Crippen LogP contribution >= 0.6 is 0 Å². The van der Waals surface area contributed by atoms with Crippen molar-refractivity contribution in [1.29, 1.82) is 0 Å². The molecule has 2 N–H and O–H groups in total. The SMILES string of the molecule is Cc1cc(C)cc(OCCNCc2c(C)nn(CCO)c2C)c1. The van der Waals surface area contributed by atoms with Gasteiger partial charge in [0.05, 0.1) is 18.8 Å². The first-order valence-corrected chi connectivity index (χ1v) is 8.07. The lowest BCUT2D eigenvalue weighted by Gasteiger charge is -2.09. The Morgan fingerprint density at radius 1 is 1.13 bits per heavy atom. The highest BCUT2D eigenvalue weighted by Crippen LogP contribution is 2.16. The Morgan fingerprint density at radius 2 is 1.83 bits per heavy atom. The number of hydrogen-bond donors (Lipinski definition) is 2. The molecule has 2 rings (SSSR count). The number of benzene rings is 1. The summed E-state index contributed by atoms with van der Waals surface area (Å²) in [6.07, 6.45) is 0. The zero-order valence-electron chi connectivity index (χ0n) is 14.5. The Bertz CT molecular complexity index is 630. The topological polar surface area (TPSA) is 59.3 Å². The van der Waals surface area contributed by atoms with Crippen LogP contribution in [0.3, 0.4) is 0 Å². The second-order valence-corrected chi connectivity index (χ2v) is 5.94. The van der Waals surface area contributed by atoms with Crippen molar-refractivity contribution in [1.82, 2.24) is 15.1 Å². The fraction of sp³-hybridized carbons (Fsp3) is 0.500. The van der Waals surface area contributed by atoms with Crippen molar-refractivity contribution in [2.75, 3.05) is 19.8 Å². The molecule has 0 aliphatic carbocycles. The molecule has 1 heterocycles. The molecule has 5 heteroatoms. The van der Waals surface area contributed by atoms with E-state index in [4.69, 9.17) is 9.84 Å². The number of nitrogens with zero attached hydrogens (tertiary/aromatic N) is 2. The highest BCUT2D eigenvalue weighted by Gasteiger charge is 2.10. The first kappa shape index (κ1) is 17.5.